The zero-order valence-electron chi connectivity index (χ0n) is 43.2. The van der Waals surface area contributed by atoms with Gasteiger partial charge in [0.25, 0.3) is 0 Å². The van der Waals surface area contributed by atoms with Crippen LogP contribution < -0.4 is 31.9 Å². The van der Waals surface area contributed by atoms with Gasteiger partial charge in [-0.15, -0.1) is 0 Å². The Bertz CT molecular complexity index is 3740. The van der Waals surface area contributed by atoms with Gasteiger partial charge in [0.15, 0.2) is 22.7 Å². The molecular formula is C56H44N24Zn2+2. The average molecular weight is 1180 g/mol. The fourth-order valence-electron chi connectivity index (χ4n) is 10.4. The van der Waals surface area contributed by atoms with Crippen LogP contribution in [0.3, 0.4) is 0 Å². The Morgan fingerprint density at radius 1 is 0.329 bits per heavy atom. The molecule has 0 aliphatic carbocycles. The summed E-state index contributed by atoms with van der Waals surface area (Å²) in [5.74, 6) is 3.59. The zero-order valence-corrected chi connectivity index (χ0v) is 49.1. The first-order chi connectivity index (χ1) is 39.4. The Kier molecular flexibility index (Phi) is 12.7. The molecule has 0 spiro atoms. The van der Waals surface area contributed by atoms with E-state index in [0.29, 0.717) is 70.4 Å². The van der Waals surface area contributed by atoms with Gasteiger partial charge < -0.3 is 61.8 Å². The molecule has 390 valence electrons. The SMILES string of the molecule is [HH].[Zn+2].[Zn+2].c1ccc([C@]23N=C(Nc4nc5ccccc5[nH]4)N[C@@]2(c2ccccn2)N=C(Nc2nc4ccccc4[nH]2)[N-]3)nc1.c1ccc([C@]23N=C(Nc4nc5ccccc5[nH]4)N[C@@]2(c2ccccn2)N=C(Nc2nc4ccccc4[nH]2)[N-]3)nc1. The van der Waals surface area contributed by atoms with Crippen LogP contribution in [0, 0.1) is 0 Å². The zero-order chi connectivity index (χ0) is 53.1. The number of hydrogen-bond acceptors (Lipinski definition) is 18. The minimum Gasteiger partial charge on any atom is -0.383 e. The van der Waals surface area contributed by atoms with Crippen molar-refractivity contribution in [2.45, 2.75) is 22.7 Å². The van der Waals surface area contributed by atoms with Gasteiger partial charge >= 0.3 is 39.0 Å². The van der Waals surface area contributed by atoms with Crippen LogP contribution in [0.4, 0.5) is 23.8 Å². The molecule has 4 aliphatic rings. The molecule has 24 nitrogen and oxygen atoms in total. The smallest absolute Gasteiger partial charge is 0.383 e. The molecule has 0 fully saturated rings. The molecule has 0 radical (unpaired) electrons. The molecule has 0 bridgehead atoms. The van der Waals surface area contributed by atoms with Crippen molar-refractivity contribution in [3.05, 3.63) is 228 Å². The minimum absolute atomic E-state index is 0. The molecule has 4 aromatic carbocycles. The third-order valence-corrected chi connectivity index (χ3v) is 13.8. The van der Waals surface area contributed by atoms with Crippen molar-refractivity contribution in [1.82, 2.24) is 70.4 Å². The molecule has 10 N–H and O–H groups in total. The van der Waals surface area contributed by atoms with Crippen LogP contribution >= 0.6 is 0 Å². The Hall–Kier alpha value is -10.3. The monoisotopic (exact) mass is 1180 g/mol. The Balaban J connectivity index is 0.000000158. The summed E-state index contributed by atoms with van der Waals surface area (Å²) in [7, 11) is 0. The second kappa shape index (κ2) is 20.4. The first-order valence-electron chi connectivity index (χ1n) is 25.4. The summed E-state index contributed by atoms with van der Waals surface area (Å²) in [6.07, 6.45) is 6.88. The molecule has 4 atom stereocenters. The Morgan fingerprint density at radius 2 is 0.622 bits per heavy atom. The van der Waals surface area contributed by atoms with Crippen LogP contribution in [0.1, 0.15) is 24.2 Å². The van der Waals surface area contributed by atoms with E-state index in [1.807, 2.05) is 170 Å². The molecule has 0 saturated carbocycles. The van der Waals surface area contributed by atoms with Crippen molar-refractivity contribution in [1.29, 1.82) is 0 Å². The van der Waals surface area contributed by atoms with Crippen molar-refractivity contribution in [3.63, 3.8) is 0 Å². The van der Waals surface area contributed by atoms with E-state index in [-0.39, 0.29) is 40.4 Å². The summed E-state index contributed by atoms with van der Waals surface area (Å²) >= 11 is 0. The van der Waals surface area contributed by atoms with E-state index in [1.165, 1.54) is 0 Å². The molecule has 12 aromatic rings. The number of anilines is 4. The van der Waals surface area contributed by atoms with Gasteiger partial charge in [-0.05, 0) is 97.1 Å². The molecule has 0 amide bonds. The summed E-state index contributed by atoms with van der Waals surface area (Å²) in [6, 6.07) is 53.8. The van der Waals surface area contributed by atoms with E-state index in [9.17, 15) is 0 Å². The van der Waals surface area contributed by atoms with Crippen LogP contribution in [0.25, 0.3) is 54.8 Å². The number of hydrogen-bond donors (Lipinski definition) is 10. The van der Waals surface area contributed by atoms with Crippen LogP contribution in [0.2, 0.25) is 0 Å². The van der Waals surface area contributed by atoms with E-state index in [4.69, 9.17) is 30.6 Å². The third kappa shape index (κ3) is 8.59. The topological polar surface area (TPSA) is 316 Å². The number of fused-ring (bicyclic) bond motifs is 6. The first kappa shape index (κ1) is 51.1. The average Bonchev–Trinajstić information content (AvgIpc) is 1.87. The number of nitrogens with one attached hydrogen (secondary N) is 10. The van der Waals surface area contributed by atoms with E-state index >= 15 is 0 Å². The number of aromatic nitrogens is 12. The number of para-hydroxylation sites is 8. The van der Waals surface area contributed by atoms with Gasteiger partial charge in [0.05, 0.1) is 66.9 Å². The number of guanidine groups is 4. The molecule has 4 aliphatic heterocycles. The maximum absolute atomic E-state index is 5.08. The fraction of sp³-hybridized carbons (Fsp3) is 0.0714. The van der Waals surface area contributed by atoms with Crippen molar-refractivity contribution in [2.75, 3.05) is 21.3 Å². The van der Waals surface area contributed by atoms with Gasteiger partial charge in [0.1, 0.15) is 11.9 Å². The summed E-state index contributed by atoms with van der Waals surface area (Å²) in [6.45, 7) is 0. The fourth-order valence-corrected chi connectivity index (χ4v) is 10.4. The standard InChI is InChI=1S/2C28H21N12.2Zn.H2/c2*1-2-10-18-17(9-1)31-23(32-18)35-25-37-27(21-13-5-7-15-29-21)28(38-25,22-14-6-8-16-30-22)40-26(39-27)36-24-33-19-11-3-4-12-20(19)34-24;;;/h2*1-16H,(H5-,31,32,33,34,35,36,37,38,39,40);;;1H/q2*-1;2*+2;/t2*27-,28+;;;. The van der Waals surface area contributed by atoms with Gasteiger partial charge in [0, 0.05) is 38.1 Å². The molecule has 8 aromatic heterocycles. The minimum atomic E-state index is -1.31. The van der Waals surface area contributed by atoms with E-state index in [1.54, 1.807) is 24.8 Å². The van der Waals surface area contributed by atoms with Gasteiger partial charge in [-0.2, -0.15) is 0 Å². The van der Waals surface area contributed by atoms with Crippen molar-refractivity contribution < 1.29 is 40.4 Å². The molecular weight excluding hydrogens is 1140 g/mol. The van der Waals surface area contributed by atoms with E-state index < -0.39 is 22.7 Å². The predicted molar refractivity (Wildman–Crippen MR) is 307 cm³/mol. The molecule has 12 heterocycles. The van der Waals surface area contributed by atoms with Crippen molar-refractivity contribution in [2.24, 2.45) is 20.0 Å². The van der Waals surface area contributed by atoms with Gasteiger partial charge in [0.2, 0.25) is 23.8 Å². The first-order valence-corrected chi connectivity index (χ1v) is 25.4. The quantitative estimate of drug-likeness (QED) is 0.0638. The maximum Gasteiger partial charge on any atom is 2.00 e. The number of imidazole rings is 4. The predicted octanol–water partition coefficient (Wildman–Crippen LogP) is 8.56. The van der Waals surface area contributed by atoms with Crippen LogP contribution in [-0.2, 0) is 61.6 Å². The van der Waals surface area contributed by atoms with E-state index in [0.717, 1.165) is 44.1 Å². The van der Waals surface area contributed by atoms with Gasteiger partial charge in [-0.3, -0.25) is 30.6 Å². The van der Waals surface area contributed by atoms with Crippen LogP contribution in [0.5, 0.6) is 0 Å². The largest absolute Gasteiger partial charge is 2.00 e. The Morgan fingerprint density at radius 3 is 0.927 bits per heavy atom. The number of nitrogens with zero attached hydrogens (tertiary/aromatic N) is 14. The molecule has 82 heavy (non-hydrogen) atoms. The summed E-state index contributed by atoms with van der Waals surface area (Å²) in [5, 5.41) is 30.1. The summed E-state index contributed by atoms with van der Waals surface area (Å²) in [4.78, 5) is 70.7. The third-order valence-electron chi connectivity index (χ3n) is 13.8. The van der Waals surface area contributed by atoms with Crippen LogP contribution in [0.15, 0.2) is 215 Å². The van der Waals surface area contributed by atoms with Gasteiger partial charge in [-0.1, -0.05) is 72.8 Å². The normalized spacial score (nSPS) is 20.9. The van der Waals surface area contributed by atoms with E-state index in [2.05, 4.69) is 91.7 Å². The molecule has 0 unspecified atom stereocenters. The molecule has 0 saturated heterocycles. The Labute approximate surface area is 491 Å². The number of aromatic amines is 4. The molecule has 26 heteroatoms. The van der Waals surface area contributed by atoms with Crippen molar-refractivity contribution in [3.8, 4) is 0 Å². The summed E-state index contributed by atoms with van der Waals surface area (Å²) in [5.41, 5.74) is 4.26. The number of benzene rings is 4. The second-order valence-corrected chi connectivity index (χ2v) is 18.8. The number of rotatable bonds is 8. The second-order valence-electron chi connectivity index (χ2n) is 18.8. The van der Waals surface area contributed by atoms with Crippen LogP contribution in [-0.4, -0.2) is 83.6 Å². The number of pyridine rings is 4. The molecule has 16 rings (SSSR count). The van der Waals surface area contributed by atoms with Gasteiger partial charge in [-0.25, -0.2) is 29.9 Å². The summed E-state index contributed by atoms with van der Waals surface area (Å²) < 4.78 is 0. The number of H-pyrrole nitrogens is 4. The van der Waals surface area contributed by atoms with Crippen molar-refractivity contribution >= 4 is 91.8 Å². The number of aliphatic imine (C=N–C) groups is 4. The maximum atomic E-state index is 5.08.